The van der Waals surface area contributed by atoms with Crippen LogP contribution in [0.2, 0.25) is 5.28 Å². The fourth-order valence-electron chi connectivity index (χ4n) is 1.18. The molecule has 0 aliphatic carbocycles. The second kappa shape index (κ2) is 7.29. The Morgan fingerprint density at radius 2 is 2.00 bits per heavy atom. The predicted molar refractivity (Wildman–Crippen MR) is 67.4 cm³/mol. The van der Waals surface area contributed by atoms with Gasteiger partial charge in [0.1, 0.15) is 12.3 Å². The summed E-state index contributed by atoms with van der Waals surface area (Å²) in [6.07, 6.45) is 2.18. The molecule has 0 aliphatic heterocycles. The summed E-state index contributed by atoms with van der Waals surface area (Å²) in [4.78, 5) is 7.84. The van der Waals surface area contributed by atoms with E-state index in [2.05, 4.69) is 16.9 Å². The van der Waals surface area contributed by atoms with Crippen molar-refractivity contribution in [1.29, 1.82) is 0 Å². The van der Waals surface area contributed by atoms with Crippen LogP contribution in [0.15, 0.2) is 0 Å². The Hall–Kier alpha value is -1.07. The van der Waals surface area contributed by atoms with E-state index in [4.69, 9.17) is 26.8 Å². The van der Waals surface area contributed by atoms with Gasteiger partial charge in [-0.05, 0) is 24.9 Å². The summed E-state index contributed by atoms with van der Waals surface area (Å²) in [6, 6.07) is 0. The van der Waals surface area contributed by atoms with Crippen LogP contribution in [0.4, 0.5) is 5.69 Å². The van der Waals surface area contributed by atoms with Crippen LogP contribution >= 0.6 is 11.6 Å². The van der Waals surface area contributed by atoms with Crippen LogP contribution in [0.3, 0.4) is 0 Å². The molecule has 0 atom stereocenters. The number of hydrogen-bond acceptors (Lipinski definition) is 5. The first-order valence-electron chi connectivity index (χ1n) is 5.65. The first kappa shape index (κ1) is 14.0. The Bertz CT molecular complexity index is 361. The Labute approximate surface area is 106 Å². The maximum atomic E-state index is 5.76. The average molecular weight is 260 g/mol. The number of aryl methyl sites for hydroxylation is 1. The summed E-state index contributed by atoms with van der Waals surface area (Å²) in [5, 5.41) is 0.138. The highest BCUT2D eigenvalue weighted by Gasteiger charge is 2.08. The van der Waals surface area contributed by atoms with E-state index in [1.807, 2.05) is 0 Å². The van der Waals surface area contributed by atoms with Gasteiger partial charge in [0.05, 0.1) is 12.3 Å². The number of hydrogen-bond donors (Lipinski definition) is 1. The molecular formula is C11H18ClN3O2. The number of ether oxygens (including phenoxy) is 2. The Morgan fingerprint density at radius 1 is 1.24 bits per heavy atom. The standard InChI is InChI=1S/C11H18ClN3O2/c1-3-4-5-16-6-7-17-10-9(13)8(2)14-11(12)15-10/h3-7,13H2,1-2H3. The van der Waals surface area contributed by atoms with Gasteiger partial charge in [0.25, 0.3) is 0 Å². The molecule has 0 amide bonds. The van der Waals surface area contributed by atoms with Gasteiger partial charge < -0.3 is 15.2 Å². The maximum Gasteiger partial charge on any atom is 0.241 e. The minimum absolute atomic E-state index is 0.138. The fourth-order valence-corrected chi connectivity index (χ4v) is 1.38. The number of halogens is 1. The third-order valence-corrected chi connectivity index (χ3v) is 2.35. The van der Waals surface area contributed by atoms with Crippen LogP contribution in [0.25, 0.3) is 0 Å². The molecule has 96 valence electrons. The zero-order valence-corrected chi connectivity index (χ0v) is 11.0. The summed E-state index contributed by atoms with van der Waals surface area (Å²) in [6.45, 7) is 5.54. The van der Waals surface area contributed by atoms with Gasteiger partial charge in [-0.1, -0.05) is 13.3 Å². The molecule has 1 rings (SSSR count). The number of nitrogens with zero attached hydrogens (tertiary/aromatic N) is 2. The smallest absolute Gasteiger partial charge is 0.241 e. The van der Waals surface area contributed by atoms with E-state index in [-0.39, 0.29) is 5.28 Å². The van der Waals surface area contributed by atoms with Crippen molar-refractivity contribution in [1.82, 2.24) is 9.97 Å². The molecule has 2 N–H and O–H groups in total. The summed E-state index contributed by atoms with van der Waals surface area (Å²) < 4.78 is 10.7. The molecule has 0 saturated heterocycles. The number of aromatic nitrogens is 2. The molecular weight excluding hydrogens is 242 g/mol. The van der Waals surface area contributed by atoms with Crippen LogP contribution < -0.4 is 10.5 Å². The monoisotopic (exact) mass is 259 g/mol. The van der Waals surface area contributed by atoms with Crippen molar-refractivity contribution in [2.75, 3.05) is 25.6 Å². The quantitative estimate of drug-likeness (QED) is 0.601. The van der Waals surface area contributed by atoms with Crippen molar-refractivity contribution in [3.63, 3.8) is 0 Å². The summed E-state index contributed by atoms with van der Waals surface area (Å²) in [5.41, 5.74) is 6.80. The molecule has 1 aromatic heterocycles. The van der Waals surface area contributed by atoms with E-state index in [0.717, 1.165) is 19.4 Å². The van der Waals surface area contributed by atoms with Gasteiger partial charge >= 0.3 is 0 Å². The van der Waals surface area contributed by atoms with Crippen molar-refractivity contribution >= 4 is 17.3 Å². The van der Waals surface area contributed by atoms with Crippen molar-refractivity contribution in [2.45, 2.75) is 26.7 Å². The SMILES string of the molecule is CCCCOCCOc1nc(Cl)nc(C)c1N. The minimum Gasteiger partial charge on any atom is -0.474 e. The van der Waals surface area contributed by atoms with E-state index in [1.165, 1.54) is 0 Å². The number of nitrogen functional groups attached to an aromatic ring is 1. The van der Waals surface area contributed by atoms with Gasteiger partial charge in [0.2, 0.25) is 11.2 Å². The molecule has 0 saturated carbocycles. The second-order valence-electron chi connectivity index (χ2n) is 3.61. The van der Waals surface area contributed by atoms with Crippen LogP contribution in [-0.4, -0.2) is 29.8 Å². The molecule has 0 spiro atoms. The molecule has 1 aromatic rings. The van der Waals surface area contributed by atoms with Gasteiger partial charge in [-0.2, -0.15) is 4.98 Å². The lowest BCUT2D eigenvalue weighted by molar-refractivity contribution is 0.0967. The van der Waals surface area contributed by atoms with E-state index >= 15 is 0 Å². The van der Waals surface area contributed by atoms with Gasteiger partial charge in [0, 0.05) is 6.61 Å². The molecule has 5 nitrogen and oxygen atoms in total. The average Bonchev–Trinajstić information content (AvgIpc) is 2.29. The summed E-state index contributed by atoms with van der Waals surface area (Å²) in [7, 11) is 0. The Kier molecular flexibility index (Phi) is 6.00. The van der Waals surface area contributed by atoms with Gasteiger partial charge in [0.15, 0.2) is 0 Å². The molecule has 0 unspecified atom stereocenters. The predicted octanol–water partition coefficient (Wildman–Crippen LogP) is 2.22. The third kappa shape index (κ3) is 4.75. The zero-order valence-electron chi connectivity index (χ0n) is 10.2. The van der Waals surface area contributed by atoms with Crippen molar-refractivity contribution in [2.24, 2.45) is 0 Å². The van der Waals surface area contributed by atoms with Crippen molar-refractivity contribution in [3.05, 3.63) is 11.0 Å². The zero-order chi connectivity index (χ0) is 12.7. The van der Waals surface area contributed by atoms with Crippen molar-refractivity contribution < 1.29 is 9.47 Å². The number of unbranched alkanes of at least 4 members (excludes halogenated alkanes) is 1. The molecule has 0 bridgehead atoms. The van der Waals surface area contributed by atoms with Crippen LogP contribution in [0.5, 0.6) is 5.88 Å². The lowest BCUT2D eigenvalue weighted by atomic mass is 10.4. The van der Waals surface area contributed by atoms with Gasteiger partial charge in [-0.3, -0.25) is 0 Å². The molecule has 0 aromatic carbocycles. The fraction of sp³-hybridized carbons (Fsp3) is 0.636. The molecule has 0 aliphatic rings. The maximum absolute atomic E-state index is 5.76. The molecule has 0 radical (unpaired) electrons. The number of rotatable bonds is 7. The normalized spacial score (nSPS) is 10.5. The highest BCUT2D eigenvalue weighted by molar-refractivity contribution is 6.28. The Morgan fingerprint density at radius 3 is 2.71 bits per heavy atom. The minimum atomic E-state index is 0.138. The number of anilines is 1. The third-order valence-electron chi connectivity index (χ3n) is 2.18. The molecule has 17 heavy (non-hydrogen) atoms. The summed E-state index contributed by atoms with van der Waals surface area (Å²) in [5.74, 6) is 0.321. The summed E-state index contributed by atoms with van der Waals surface area (Å²) >= 11 is 5.71. The lowest BCUT2D eigenvalue weighted by Gasteiger charge is -2.09. The number of nitrogens with two attached hydrogens (primary N) is 1. The second-order valence-corrected chi connectivity index (χ2v) is 3.95. The van der Waals surface area contributed by atoms with Crippen LogP contribution in [0, 0.1) is 6.92 Å². The largest absolute Gasteiger partial charge is 0.474 e. The highest BCUT2D eigenvalue weighted by Crippen LogP contribution is 2.22. The van der Waals surface area contributed by atoms with Crippen LogP contribution in [-0.2, 0) is 4.74 Å². The lowest BCUT2D eigenvalue weighted by Crippen LogP contribution is -2.10. The van der Waals surface area contributed by atoms with E-state index < -0.39 is 0 Å². The van der Waals surface area contributed by atoms with E-state index in [0.29, 0.717) is 30.5 Å². The highest BCUT2D eigenvalue weighted by atomic mass is 35.5. The van der Waals surface area contributed by atoms with Gasteiger partial charge in [-0.25, -0.2) is 4.98 Å². The molecule has 0 fully saturated rings. The topological polar surface area (TPSA) is 70.3 Å². The van der Waals surface area contributed by atoms with E-state index in [1.54, 1.807) is 6.92 Å². The molecule has 1 heterocycles. The first-order valence-corrected chi connectivity index (χ1v) is 6.03. The van der Waals surface area contributed by atoms with E-state index in [9.17, 15) is 0 Å². The van der Waals surface area contributed by atoms with Gasteiger partial charge in [-0.15, -0.1) is 0 Å². The first-order chi connectivity index (χ1) is 8.15. The van der Waals surface area contributed by atoms with Crippen LogP contribution in [0.1, 0.15) is 25.5 Å². The van der Waals surface area contributed by atoms with Crippen molar-refractivity contribution in [3.8, 4) is 5.88 Å². The molecule has 6 heteroatoms. The Balaban J connectivity index is 2.36.